The van der Waals surface area contributed by atoms with Crippen LogP contribution in [0.1, 0.15) is 11.3 Å². The maximum Gasteiger partial charge on any atom is 0.433 e. The van der Waals surface area contributed by atoms with Gasteiger partial charge in [0.15, 0.2) is 0 Å². The van der Waals surface area contributed by atoms with E-state index in [0.717, 1.165) is 12.3 Å². The Morgan fingerprint density at radius 2 is 2.07 bits per heavy atom. The van der Waals surface area contributed by atoms with Crippen molar-refractivity contribution >= 4 is 22.1 Å². The Balaban J connectivity index is 2.81. The number of hydrogen-bond acceptors (Lipinski definition) is 2. The van der Waals surface area contributed by atoms with Crippen LogP contribution in [-0.4, -0.2) is 11.2 Å². The lowest BCUT2D eigenvalue weighted by Gasteiger charge is -2.04. The molecule has 2 nitrogen and oxygen atoms in total. The van der Waals surface area contributed by atoms with Gasteiger partial charge in [0.2, 0.25) is 0 Å². The summed E-state index contributed by atoms with van der Waals surface area (Å²) in [5.74, 6) is 0. The summed E-state index contributed by atoms with van der Waals surface area (Å²) in [6, 6.07) is 2.22. The zero-order chi connectivity index (χ0) is 11.3. The summed E-state index contributed by atoms with van der Waals surface area (Å²) in [5, 5.41) is 0. The molecule has 0 aliphatic heterocycles. The van der Waals surface area contributed by atoms with Gasteiger partial charge < -0.3 is 0 Å². The van der Waals surface area contributed by atoms with E-state index in [1.54, 1.807) is 0 Å². The lowest BCUT2D eigenvalue weighted by Crippen LogP contribution is -2.07. The van der Waals surface area contributed by atoms with Gasteiger partial charge in [0.05, 0.1) is 0 Å². The van der Waals surface area contributed by atoms with Crippen LogP contribution in [0.3, 0.4) is 0 Å². The third kappa shape index (κ3) is 3.83. The molecule has 0 bridgehead atoms. The molecule has 15 heavy (non-hydrogen) atoms. The molecule has 0 unspecified atom stereocenters. The second-order valence-corrected chi connectivity index (χ2v) is 3.06. The highest BCUT2D eigenvalue weighted by atomic mass is 79.9. The molecule has 0 N–H and O–H groups in total. The molecule has 0 atom stereocenters. The molecule has 0 aliphatic carbocycles. The number of alkyl halides is 3. The number of hydrogen-bond donors (Lipinski definition) is 0. The second kappa shape index (κ2) is 5.06. The zero-order valence-electron chi connectivity index (χ0n) is 7.37. The lowest BCUT2D eigenvalue weighted by molar-refractivity contribution is -0.141. The number of halogens is 4. The Labute approximate surface area is 92.7 Å². The molecule has 1 aromatic heterocycles. The quantitative estimate of drug-likeness (QED) is 0.762. The predicted molar refractivity (Wildman–Crippen MR) is 54.9 cm³/mol. The molecule has 0 fully saturated rings. The first-order valence-electron chi connectivity index (χ1n) is 3.85. The minimum Gasteiger partial charge on any atom is -0.264 e. The largest absolute Gasteiger partial charge is 0.433 e. The Kier molecular flexibility index (Phi) is 4.02. The summed E-state index contributed by atoms with van der Waals surface area (Å²) in [6.07, 6.45) is -0.414. The molecule has 80 valence electrons. The van der Waals surface area contributed by atoms with Gasteiger partial charge in [0, 0.05) is 24.2 Å². The molecule has 0 radical (unpaired) electrons. The van der Waals surface area contributed by atoms with Crippen LogP contribution in [0, 0.1) is 0 Å². The van der Waals surface area contributed by atoms with Gasteiger partial charge in [-0.15, -0.1) is 0 Å². The monoisotopic (exact) mass is 278 g/mol. The van der Waals surface area contributed by atoms with E-state index in [1.165, 1.54) is 23.5 Å². The van der Waals surface area contributed by atoms with Gasteiger partial charge in [0.25, 0.3) is 0 Å². The molecule has 0 saturated heterocycles. The highest BCUT2D eigenvalue weighted by Crippen LogP contribution is 2.26. The van der Waals surface area contributed by atoms with Crippen LogP contribution in [0.4, 0.5) is 13.2 Å². The Bertz CT molecular complexity index is 368. The number of rotatable bonds is 2. The third-order valence-electron chi connectivity index (χ3n) is 1.44. The van der Waals surface area contributed by atoms with Crippen LogP contribution in [-0.2, 0) is 6.18 Å². The summed E-state index contributed by atoms with van der Waals surface area (Å²) in [6.45, 7) is 0. The standard InChI is InChI=1S/C9H6BrF3N2/c10-3-4-14-5-7-1-2-8(15-6-7)9(11,12)13/h1-6H/b4-3+,14-5+. The summed E-state index contributed by atoms with van der Waals surface area (Å²) in [4.78, 5) is 8.58. The Morgan fingerprint density at radius 3 is 2.53 bits per heavy atom. The van der Waals surface area contributed by atoms with E-state index in [0.29, 0.717) is 5.56 Å². The van der Waals surface area contributed by atoms with Gasteiger partial charge in [-0.25, -0.2) is 0 Å². The van der Waals surface area contributed by atoms with Crippen molar-refractivity contribution in [2.75, 3.05) is 0 Å². The summed E-state index contributed by atoms with van der Waals surface area (Å²) in [5.41, 5.74) is -0.399. The maximum absolute atomic E-state index is 12.1. The molecular formula is C9H6BrF3N2. The average molecular weight is 279 g/mol. The number of nitrogens with zero attached hydrogens (tertiary/aromatic N) is 2. The smallest absolute Gasteiger partial charge is 0.264 e. The molecule has 0 aromatic carbocycles. The van der Waals surface area contributed by atoms with Crippen molar-refractivity contribution in [3.05, 3.63) is 40.8 Å². The zero-order valence-corrected chi connectivity index (χ0v) is 8.96. The van der Waals surface area contributed by atoms with E-state index < -0.39 is 11.9 Å². The number of aromatic nitrogens is 1. The molecule has 6 heteroatoms. The fraction of sp³-hybridized carbons (Fsp3) is 0.111. The van der Waals surface area contributed by atoms with Crippen LogP contribution >= 0.6 is 15.9 Å². The van der Waals surface area contributed by atoms with E-state index in [1.807, 2.05) is 0 Å². The van der Waals surface area contributed by atoms with Crippen LogP contribution in [0.5, 0.6) is 0 Å². The molecule has 1 heterocycles. The minimum atomic E-state index is -4.40. The summed E-state index contributed by atoms with van der Waals surface area (Å²) >= 11 is 3.00. The summed E-state index contributed by atoms with van der Waals surface area (Å²) < 4.78 is 36.3. The average Bonchev–Trinajstić information content (AvgIpc) is 2.18. The first-order valence-corrected chi connectivity index (χ1v) is 4.77. The fourth-order valence-corrected chi connectivity index (χ4v) is 0.947. The Hall–Kier alpha value is -1.17. The van der Waals surface area contributed by atoms with Gasteiger partial charge in [-0.3, -0.25) is 9.98 Å². The first-order chi connectivity index (χ1) is 7.04. The molecule has 1 aromatic rings. The van der Waals surface area contributed by atoms with Crippen molar-refractivity contribution in [1.29, 1.82) is 0 Å². The van der Waals surface area contributed by atoms with Gasteiger partial charge in [-0.2, -0.15) is 13.2 Å². The molecular weight excluding hydrogens is 273 g/mol. The van der Waals surface area contributed by atoms with Crippen molar-refractivity contribution in [2.24, 2.45) is 4.99 Å². The predicted octanol–water partition coefficient (Wildman–Crippen LogP) is 3.39. The molecule has 0 saturated carbocycles. The lowest BCUT2D eigenvalue weighted by atomic mass is 10.2. The second-order valence-electron chi connectivity index (χ2n) is 2.53. The van der Waals surface area contributed by atoms with E-state index in [4.69, 9.17) is 0 Å². The maximum atomic E-state index is 12.1. The highest BCUT2D eigenvalue weighted by Gasteiger charge is 2.31. The van der Waals surface area contributed by atoms with Crippen LogP contribution < -0.4 is 0 Å². The van der Waals surface area contributed by atoms with Gasteiger partial charge in [0.1, 0.15) is 5.69 Å². The van der Waals surface area contributed by atoms with Crippen molar-refractivity contribution < 1.29 is 13.2 Å². The number of pyridine rings is 1. The fourth-order valence-electron chi connectivity index (χ4n) is 0.811. The summed E-state index contributed by atoms with van der Waals surface area (Å²) in [7, 11) is 0. The van der Waals surface area contributed by atoms with Crippen molar-refractivity contribution in [1.82, 2.24) is 4.98 Å². The molecule has 0 aliphatic rings. The van der Waals surface area contributed by atoms with E-state index in [9.17, 15) is 13.2 Å². The third-order valence-corrected chi connectivity index (χ3v) is 1.68. The van der Waals surface area contributed by atoms with E-state index >= 15 is 0 Å². The van der Waals surface area contributed by atoms with Crippen molar-refractivity contribution in [3.63, 3.8) is 0 Å². The van der Waals surface area contributed by atoms with Gasteiger partial charge in [-0.1, -0.05) is 15.9 Å². The van der Waals surface area contributed by atoms with Crippen LogP contribution in [0.2, 0.25) is 0 Å². The highest BCUT2D eigenvalue weighted by molar-refractivity contribution is 9.11. The molecule has 0 spiro atoms. The van der Waals surface area contributed by atoms with E-state index in [2.05, 4.69) is 25.9 Å². The van der Waals surface area contributed by atoms with Crippen molar-refractivity contribution in [2.45, 2.75) is 6.18 Å². The van der Waals surface area contributed by atoms with E-state index in [-0.39, 0.29) is 0 Å². The van der Waals surface area contributed by atoms with Gasteiger partial charge in [-0.05, 0) is 17.1 Å². The van der Waals surface area contributed by atoms with Crippen molar-refractivity contribution in [3.8, 4) is 0 Å². The molecule has 1 rings (SSSR count). The molecule has 0 amide bonds. The SMILES string of the molecule is FC(F)(F)c1ccc(/C=N/C=C/Br)cn1. The number of aliphatic imine (C=N–C) groups is 1. The minimum absolute atomic E-state index is 0.508. The topological polar surface area (TPSA) is 25.2 Å². The van der Waals surface area contributed by atoms with Crippen LogP contribution in [0.25, 0.3) is 0 Å². The normalized spacial score (nSPS) is 12.8. The Morgan fingerprint density at radius 1 is 1.33 bits per heavy atom. The van der Waals surface area contributed by atoms with Gasteiger partial charge >= 0.3 is 6.18 Å². The first kappa shape index (κ1) is 11.9. The van der Waals surface area contributed by atoms with Crippen LogP contribution in [0.15, 0.2) is 34.5 Å².